The molecule has 6 nitrogen and oxygen atoms in total. The van der Waals surface area contributed by atoms with Crippen LogP contribution in [0.3, 0.4) is 0 Å². The minimum absolute atomic E-state index is 0.284. The second-order valence-corrected chi connectivity index (χ2v) is 7.23. The number of rotatable bonds is 7. The van der Waals surface area contributed by atoms with Crippen molar-refractivity contribution in [3.8, 4) is 5.75 Å². The number of carbonyl (C=O) groups excluding carboxylic acids is 1. The molecule has 0 aliphatic heterocycles. The van der Waals surface area contributed by atoms with E-state index in [9.17, 15) is 13.2 Å². The number of ether oxygens (including phenoxy) is 1. The van der Waals surface area contributed by atoms with Gasteiger partial charge in [0.2, 0.25) is 10.0 Å². The molecule has 0 atom stereocenters. The van der Waals surface area contributed by atoms with Crippen molar-refractivity contribution in [2.24, 2.45) is 0 Å². The number of aryl methyl sites for hydroxylation is 1. The highest BCUT2D eigenvalue weighted by Crippen LogP contribution is 2.20. The average molecular weight is 360 g/mol. The van der Waals surface area contributed by atoms with Gasteiger partial charge in [-0.1, -0.05) is 12.7 Å². The van der Waals surface area contributed by atoms with Crippen LogP contribution < -0.4 is 14.8 Å². The highest BCUT2D eigenvalue weighted by atomic mass is 32.2. The third kappa shape index (κ3) is 5.65. The summed E-state index contributed by atoms with van der Waals surface area (Å²) in [5.41, 5.74) is 2.17. The van der Waals surface area contributed by atoms with Gasteiger partial charge in [-0.05, 0) is 55.0 Å². The van der Waals surface area contributed by atoms with Crippen LogP contribution in [-0.2, 0) is 10.0 Å². The number of carbonyl (C=O) groups is 1. The van der Waals surface area contributed by atoms with E-state index in [2.05, 4.69) is 16.6 Å². The van der Waals surface area contributed by atoms with Gasteiger partial charge in [0.25, 0.3) is 5.91 Å². The zero-order chi connectivity index (χ0) is 18.4. The fourth-order valence-electron chi connectivity index (χ4n) is 2.11. The van der Waals surface area contributed by atoms with Gasteiger partial charge in [0.1, 0.15) is 12.4 Å². The smallest absolute Gasteiger partial charge is 0.255 e. The fourth-order valence-corrected chi connectivity index (χ4v) is 2.74. The Balaban J connectivity index is 2.07. The van der Waals surface area contributed by atoms with Crippen molar-refractivity contribution in [3.63, 3.8) is 0 Å². The largest absolute Gasteiger partial charge is 0.490 e. The molecule has 0 saturated heterocycles. The third-order valence-corrected chi connectivity index (χ3v) is 3.85. The Morgan fingerprint density at radius 2 is 1.88 bits per heavy atom. The predicted octanol–water partition coefficient (Wildman–Crippen LogP) is 3.18. The van der Waals surface area contributed by atoms with E-state index in [1.165, 1.54) is 0 Å². The maximum absolute atomic E-state index is 12.3. The number of hydrogen-bond acceptors (Lipinski definition) is 4. The van der Waals surface area contributed by atoms with Crippen LogP contribution in [0.4, 0.5) is 11.4 Å². The highest BCUT2D eigenvalue weighted by molar-refractivity contribution is 7.92. The highest BCUT2D eigenvalue weighted by Gasteiger charge is 2.10. The van der Waals surface area contributed by atoms with Crippen molar-refractivity contribution in [3.05, 3.63) is 66.2 Å². The minimum atomic E-state index is -3.36. The maximum Gasteiger partial charge on any atom is 0.255 e. The molecule has 0 aliphatic rings. The Morgan fingerprint density at radius 1 is 1.20 bits per heavy atom. The number of sulfonamides is 1. The predicted molar refractivity (Wildman–Crippen MR) is 99.7 cm³/mol. The number of nitrogens with one attached hydrogen (secondary N) is 2. The Morgan fingerprint density at radius 3 is 2.44 bits per heavy atom. The molecule has 2 N–H and O–H groups in total. The fraction of sp³-hybridized carbons (Fsp3) is 0.167. The van der Waals surface area contributed by atoms with Crippen LogP contribution in [0.5, 0.6) is 5.75 Å². The van der Waals surface area contributed by atoms with E-state index in [-0.39, 0.29) is 5.91 Å². The van der Waals surface area contributed by atoms with E-state index in [4.69, 9.17) is 4.74 Å². The zero-order valence-corrected chi connectivity index (χ0v) is 14.9. The van der Waals surface area contributed by atoms with Crippen molar-refractivity contribution < 1.29 is 17.9 Å². The SMILES string of the molecule is C=CCOc1ccc(NC(=O)c2ccc(NS(C)(=O)=O)c(C)c2)cc1. The van der Waals surface area contributed by atoms with Gasteiger partial charge in [0.05, 0.1) is 11.9 Å². The second kappa shape index (κ2) is 7.85. The van der Waals surface area contributed by atoms with E-state index in [1.807, 2.05) is 0 Å². The van der Waals surface area contributed by atoms with E-state index < -0.39 is 10.0 Å². The van der Waals surface area contributed by atoms with Crippen molar-refractivity contribution in [2.75, 3.05) is 22.9 Å². The molecule has 2 aromatic carbocycles. The molecule has 0 aromatic heterocycles. The van der Waals surface area contributed by atoms with E-state index in [1.54, 1.807) is 55.5 Å². The molecule has 0 heterocycles. The average Bonchev–Trinajstić information content (AvgIpc) is 2.55. The molecule has 0 aliphatic carbocycles. The van der Waals surface area contributed by atoms with Gasteiger partial charge < -0.3 is 10.1 Å². The topological polar surface area (TPSA) is 84.5 Å². The van der Waals surface area contributed by atoms with Crippen LogP contribution in [0.15, 0.2) is 55.1 Å². The summed E-state index contributed by atoms with van der Waals surface area (Å²) in [6.07, 6.45) is 2.73. The Hall–Kier alpha value is -2.80. The van der Waals surface area contributed by atoms with Crippen molar-refractivity contribution in [1.29, 1.82) is 0 Å². The number of benzene rings is 2. The molecular formula is C18H20N2O4S. The normalized spacial score (nSPS) is 10.8. The van der Waals surface area contributed by atoms with Crippen molar-refractivity contribution in [1.82, 2.24) is 0 Å². The molecule has 0 bridgehead atoms. The lowest BCUT2D eigenvalue weighted by Gasteiger charge is -2.10. The van der Waals surface area contributed by atoms with Gasteiger partial charge in [-0.25, -0.2) is 8.42 Å². The van der Waals surface area contributed by atoms with Crippen molar-refractivity contribution >= 4 is 27.3 Å². The molecule has 7 heteroatoms. The first-order chi connectivity index (χ1) is 11.8. The Kier molecular flexibility index (Phi) is 5.82. The summed E-state index contributed by atoms with van der Waals surface area (Å²) >= 11 is 0. The first kappa shape index (κ1) is 18.5. The van der Waals surface area contributed by atoms with Crippen LogP contribution in [0.1, 0.15) is 15.9 Å². The molecule has 0 spiro atoms. The summed E-state index contributed by atoms with van der Waals surface area (Å²) in [7, 11) is -3.36. The van der Waals surface area contributed by atoms with Crippen LogP contribution in [0.2, 0.25) is 0 Å². The molecule has 0 radical (unpaired) electrons. The Labute approximate surface area is 147 Å². The van der Waals surface area contributed by atoms with Gasteiger partial charge in [-0.3, -0.25) is 9.52 Å². The summed E-state index contributed by atoms with van der Waals surface area (Å²) in [6.45, 7) is 5.73. The van der Waals surface area contributed by atoms with Gasteiger partial charge >= 0.3 is 0 Å². The molecule has 0 fully saturated rings. The van der Waals surface area contributed by atoms with Crippen LogP contribution in [0, 0.1) is 6.92 Å². The third-order valence-electron chi connectivity index (χ3n) is 3.26. The van der Waals surface area contributed by atoms with Gasteiger partial charge in [-0.2, -0.15) is 0 Å². The monoisotopic (exact) mass is 360 g/mol. The van der Waals surface area contributed by atoms with Crippen LogP contribution >= 0.6 is 0 Å². The van der Waals surface area contributed by atoms with Crippen LogP contribution in [0.25, 0.3) is 0 Å². The molecule has 0 unspecified atom stereocenters. The zero-order valence-electron chi connectivity index (χ0n) is 14.1. The molecule has 1 amide bonds. The summed E-state index contributed by atoms with van der Waals surface area (Å²) in [5.74, 6) is 0.402. The lowest BCUT2D eigenvalue weighted by molar-refractivity contribution is 0.102. The van der Waals surface area contributed by atoms with E-state index in [0.717, 1.165) is 6.26 Å². The summed E-state index contributed by atoms with van der Waals surface area (Å²) in [5, 5.41) is 2.78. The first-order valence-corrected chi connectivity index (χ1v) is 9.41. The molecule has 2 rings (SSSR count). The minimum Gasteiger partial charge on any atom is -0.490 e. The lowest BCUT2D eigenvalue weighted by atomic mass is 10.1. The molecule has 25 heavy (non-hydrogen) atoms. The maximum atomic E-state index is 12.3. The van der Waals surface area contributed by atoms with Crippen molar-refractivity contribution in [2.45, 2.75) is 6.92 Å². The van der Waals surface area contributed by atoms with Gasteiger partial charge in [0.15, 0.2) is 0 Å². The van der Waals surface area contributed by atoms with Gasteiger partial charge in [-0.15, -0.1) is 0 Å². The molecule has 132 valence electrons. The first-order valence-electron chi connectivity index (χ1n) is 7.52. The number of hydrogen-bond donors (Lipinski definition) is 2. The molecule has 0 saturated carbocycles. The summed E-state index contributed by atoms with van der Waals surface area (Å²) in [6, 6.07) is 11.7. The lowest BCUT2D eigenvalue weighted by Crippen LogP contribution is -2.14. The Bertz CT molecular complexity index is 874. The van der Waals surface area contributed by atoms with E-state index in [0.29, 0.717) is 34.9 Å². The summed E-state index contributed by atoms with van der Waals surface area (Å²) in [4.78, 5) is 12.3. The van der Waals surface area contributed by atoms with Gasteiger partial charge in [0, 0.05) is 11.3 Å². The van der Waals surface area contributed by atoms with E-state index >= 15 is 0 Å². The quantitative estimate of drug-likeness (QED) is 0.743. The molecular weight excluding hydrogens is 340 g/mol. The second-order valence-electron chi connectivity index (χ2n) is 5.48. The van der Waals surface area contributed by atoms with Crippen LogP contribution in [-0.4, -0.2) is 27.2 Å². The number of amides is 1. The number of anilines is 2. The summed E-state index contributed by atoms with van der Waals surface area (Å²) < 4.78 is 30.4. The standard InChI is InChI=1S/C18H20N2O4S/c1-4-11-24-16-8-6-15(7-9-16)19-18(21)14-5-10-17(13(2)12-14)20-25(3,22)23/h4-10,12,20H,1,11H2,2-3H3,(H,19,21). The molecule has 2 aromatic rings.